The van der Waals surface area contributed by atoms with Gasteiger partial charge in [-0.2, -0.15) is 0 Å². The zero-order valence-electron chi connectivity index (χ0n) is 19.9. The molecular formula is C27H25F2N3O5. The molecule has 0 aromatic heterocycles. The highest BCUT2D eigenvalue weighted by Gasteiger charge is 2.46. The summed E-state index contributed by atoms with van der Waals surface area (Å²) >= 11 is 0. The average Bonchev–Trinajstić information content (AvgIpc) is 3.22. The van der Waals surface area contributed by atoms with Crippen LogP contribution >= 0.6 is 0 Å². The fraction of sp³-hybridized carbons (Fsp3) is 0.222. The Balaban J connectivity index is 1.54. The van der Waals surface area contributed by atoms with E-state index in [1.54, 1.807) is 30.3 Å². The zero-order chi connectivity index (χ0) is 26.4. The standard InChI is InChI=1S/C27H25F2N3O5/c1-36-15-14-30-26(34)23-24(37-27(35)32(23)16-17-6-10-19(28)11-7-17)18-8-12-20(13-9-18)31-25(33)21-4-2-3-5-22(21)29/h2-13,23-24H,14-16H2,1H3,(H,30,34)(H,31,33). The largest absolute Gasteiger partial charge is 0.438 e. The summed E-state index contributed by atoms with van der Waals surface area (Å²) in [7, 11) is 1.50. The monoisotopic (exact) mass is 509 g/mol. The summed E-state index contributed by atoms with van der Waals surface area (Å²) in [4.78, 5) is 39.6. The summed E-state index contributed by atoms with van der Waals surface area (Å²) in [6.07, 6.45) is -1.63. The molecule has 4 rings (SSSR count). The van der Waals surface area contributed by atoms with Gasteiger partial charge in [-0.05, 0) is 47.5 Å². The van der Waals surface area contributed by atoms with E-state index in [0.29, 0.717) is 16.8 Å². The highest BCUT2D eigenvalue weighted by atomic mass is 19.1. The highest BCUT2D eigenvalue weighted by Crippen LogP contribution is 2.34. The first kappa shape index (κ1) is 25.8. The van der Waals surface area contributed by atoms with Crippen molar-refractivity contribution >= 4 is 23.6 Å². The lowest BCUT2D eigenvalue weighted by Crippen LogP contribution is -2.47. The molecule has 0 spiro atoms. The summed E-state index contributed by atoms with van der Waals surface area (Å²) < 4.78 is 37.8. The number of nitrogens with one attached hydrogen (secondary N) is 2. The van der Waals surface area contributed by atoms with E-state index in [-0.39, 0.29) is 25.3 Å². The number of methoxy groups -OCH3 is 1. The van der Waals surface area contributed by atoms with Crippen molar-refractivity contribution in [2.45, 2.75) is 18.7 Å². The molecule has 1 aliphatic heterocycles. The molecule has 3 aromatic rings. The third kappa shape index (κ3) is 6.10. The summed E-state index contributed by atoms with van der Waals surface area (Å²) in [6.45, 7) is 0.555. The van der Waals surface area contributed by atoms with Gasteiger partial charge in [0.1, 0.15) is 11.6 Å². The molecule has 10 heteroatoms. The SMILES string of the molecule is COCCNC(=O)C1C(c2ccc(NC(=O)c3ccccc3F)cc2)OC(=O)N1Cc1ccc(F)cc1. The first-order valence-corrected chi connectivity index (χ1v) is 11.5. The van der Waals surface area contributed by atoms with Gasteiger partial charge in [0.15, 0.2) is 12.1 Å². The molecule has 192 valence electrons. The van der Waals surface area contributed by atoms with Crippen LogP contribution in [0.15, 0.2) is 72.8 Å². The molecule has 1 heterocycles. The molecule has 8 nitrogen and oxygen atoms in total. The number of nitrogens with zero attached hydrogens (tertiary/aromatic N) is 1. The Morgan fingerprint density at radius 1 is 1.00 bits per heavy atom. The fourth-order valence-corrected chi connectivity index (χ4v) is 3.98. The maximum Gasteiger partial charge on any atom is 0.411 e. The van der Waals surface area contributed by atoms with E-state index in [4.69, 9.17) is 9.47 Å². The van der Waals surface area contributed by atoms with E-state index in [0.717, 1.165) is 0 Å². The fourth-order valence-electron chi connectivity index (χ4n) is 3.98. The molecule has 2 N–H and O–H groups in total. The van der Waals surface area contributed by atoms with Crippen LogP contribution in [0.2, 0.25) is 0 Å². The summed E-state index contributed by atoms with van der Waals surface area (Å²) in [5, 5.41) is 5.36. The number of cyclic esters (lactones) is 1. The minimum Gasteiger partial charge on any atom is -0.438 e. The van der Waals surface area contributed by atoms with Crippen molar-refractivity contribution in [1.82, 2.24) is 10.2 Å². The smallest absolute Gasteiger partial charge is 0.411 e. The van der Waals surface area contributed by atoms with Gasteiger partial charge in [0.2, 0.25) is 5.91 Å². The molecular weight excluding hydrogens is 484 g/mol. The number of amides is 3. The van der Waals surface area contributed by atoms with E-state index >= 15 is 0 Å². The normalized spacial score (nSPS) is 16.8. The van der Waals surface area contributed by atoms with E-state index in [2.05, 4.69) is 10.6 Å². The molecule has 2 atom stereocenters. The highest BCUT2D eigenvalue weighted by molar-refractivity contribution is 6.04. The molecule has 1 saturated heterocycles. The molecule has 37 heavy (non-hydrogen) atoms. The van der Waals surface area contributed by atoms with Gasteiger partial charge in [-0.3, -0.25) is 14.5 Å². The number of rotatable bonds is 9. The van der Waals surface area contributed by atoms with Crippen molar-refractivity contribution in [3.63, 3.8) is 0 Å². The van der Waals surface area contributed by atoms with E-state index in [1.165, 1.54) is 54.5 Å². The Morgan fingerprint density at radius 2 is 1.70 bits per heavy atom. The number of carbonyl (C=O) groups excluding carboxylic acids is 3. The van der Waals surface area contributed by atoms with Crippen LogP contribution in [0.3, 0.4) is 0 Å². The predicted molar refractivity (Wildman–Crippen MR) is 131 cm³/mol. The molecule has 1 fully saturated rings. The second-order valence-electron chi connectivity index (χ2n) is 8.34. The van der Waals surface area contributed by atoms with Gasteiger partial charge < -0.3 is 20.1 Å². The third-order valence-corrected chi connectivity index (χ3v) is 5.84. The van der Waals surface area contributed by atoms with Gasteiger partial charge in [0.25, 0.3) is 5.91 Å². The van der Waals surface area contributed by atoms with Crippen LogP contribution in [-0.4, -0.2) is 49.1 Å². The lowest BCUT2D eigenvalue weighted by molar-refractivity contribution is -0.126. The van der Waals surface area contributed by atoms with Gasteiger partial charge in [0, 0.05) is 19.3 Å². The Bertz CT molecular complexity index is 1270. The summed E-state index contributed by atoms with van der Waals surface area (Å²) in [6, 6.07) is 16.6. The van der Waals surface area contributed by atoms with Gasteiger partial charge in [-0.1, -0.05) is 36.4 Å². The van der Waals surface area contributed by atoms with Crippen LogP contribution in [0.1, 0.15) is 27.6 Å². The maximum absolute atomic E-state index is 13.9. The average molecular weight is 510 g/mol. The van der Waals surface area contributed by atoms with Gasteiger partial charge in [-0.15, -0.1) is 0 Å². The molecule has 3 aromatic carbocycles. The lowest BCUT2D eigenvalue weighted by atomic mass is 10.00. The van der Waals surface area contributed by atoms with Crippen molar-refractivity contribution in [2.24, 2.45) is 0 Å². The first-order chi connectivity index (χ1) is 17.9. The molecule has 3 amide bonds. The topological polar surface area (TPSA) is 97.0 Å². The Kier molecular flexibility index (Phi) is 8.09. The minimum absolute atomic E-state index is 0.0365. The minimum atomic E-state index is -1.01. The molecule has 0 aliphatic carbocycles. The maximum atomic E-state index is 13.9. The van der Waals surface area contributed by atoms with Gasteiger partial charge >= 0.3 is 6.09 Å². The van der Waals surface area contributed by atoms with Crippen LogP contribution in [-0.2, 0) is 20.8 Å². The van der Waals surface area contributed by atoms with Crippen molar-refractivity contribution in [3.8, 4) is 0 Å². The van der Waals surface area contributed by atoms with Gasteiger partial charge in [-0.25, -0.2) is 13.6 Å². The molecule has 1 aliphatic rings. The van der Waals surface area contributed by atoms with Crippen LogP contribution in [0.5, 0.6) is 0 Å². The number of hydrogen-bond acceptors (Lipinski definition) is 5. The van der Waals surface area contributed by atoms with Crippen molar-refractivity contribution in [1.29, 1.82) is 0 Å². The van der Waals surface area contributed by atoms with Crippen molar-refractivity contribution < 1.29 is 32.6 Å². The Morgan fingerprint density at radius 3 is 2.38 bits per heavy atom. The van der Waals surface area contributed by atoms with E-state index in [1.807, 2.05) is 0 Å². The number of halogens is 2. The Hall–Kier alpha value is -4.31. The first-order valence-electron chi connectivity index (χ1n) is 11.5. The zero-order valence-corrected chi connectivity index (χ0v) is 19.9. The number of hydrogen-bond donors (Lipinski definition) is 2. The Labute approximate surface area is 212 Å². The van der Waals surface area contributed by atoms with Crippen LogP contribution in [0.25, 0.3) is 0 Å². The summed E-state index contributed by atoms with van der Waals surface area (Å²) in [5.74, 6) is -2.11. The number of benzene rings is 3. The molecule has 2 unspecified atom stereocenters. The molecule has 0 bridgehead atoms. The van der Waals surface area contributed by atoms with Crippen LogP contribution in [0.4, 0.5) is 19.3 Å². The second kappa shape index (κ2) is 11.6. The third-order valence-electron chi connectivity index (χ3n) is 5.84. The van der Waals surface area contributed by atoms with Crippen molar-refractivity contribution in [2.75, 3.05) is 25.6 Å². The van der Waals surface area contributed by atoms with Crippen LogP contribution in [0, 0.1) is 11.6 Å². The van der Waals surface area contributed by atoms with E-state index in [9.17, 15) is 23.2 Å². The van der Waals surface area contributed by atoms with Crippen molar-refractivity contribution in [3.05, 3.63) is 101 Å². The van der Waals surface area contributed by atoms with E-state index < -0.39 is 41.7 Å². The number of anilines is 1. The molecule has 0 radical (unpaired) electrons. The van der Waals surface area contributed by atoms with Crippen LogP contribution < -0.4 is 10.6 Å². The quantitative estimate of drug-likeness (QED) is 0.425. The number of carbonyl (C=O) groups is 3. The second-order valence-corrected chi connectivity index (χ2v) is 8.34. The number of ether oxygens (including phenoxy) is 2. The predicted octanol–water partition coefficient (Wildman–Crippen LogP) is 4.04. The lowest BCUT2D eigenvalue weighted by Gasteiger charge is -2.24. The summed E-state index contributed by atoms with van der Waals surface area (Å²) in [5.41, 5.74) is 1.44. The van der Waals surface area contributed by atoms with Gasteiger partial charge in [0.05, 0.1) is 18.7 Å². The molecule has 0 saturated carbocycles.